The molecular weight excluding hydrogens is 358 g/mol. The molecule has 0 saturated carbocycles. The van der Waals surface area contributed by atoms with Gasteiger partial charge in [-0.3, -0.25) is 9.59 Å². The van der Waals surface area contributed by atoms with Crippen molar-refractivity contribution in [1.82, 2.24) is 9.88 Å². The second-order valence-electron chi connectivity index (χ2n) is 6.83. The van der Waals surface area contributed by atoms with Crippen LogP contribution in [0.15, 0.2) is 22.6 Å². The second kappa shape index (κ2) is 6.79. The van der Waals surface area contributed by atoms with E-state index in [9.17, 15) is 9.59 Å². The summed E-state index contributed by atoms with van der Waals surface area (Å²) in [6, 6.07) is 5.95. The van der Waals surface area contributed by atoms with E-state index in [1.165, 1.54) is 7.11 Å². The number of ether oxygens (including phenoxy) is 1. The maximum atomic E-state index is 12.6. The van der Waals surface area contributed by atoms with Gasteiger partial charge in [-0.1, -0.05) is 11.6 Å². The van der Waals surface area contributed by atoms with Gasteiger partial charge in [-0.2, -0.15) is 4.98 Å². The van der Waals surface area contributed by atoms with Gasteiger partial charge in [0.2, 0.25) is 5.91 Å². The number of anilines is 1. The van der Waals surface area contributed by atoms with Crippen molar-refractivity contribution in [2.24, 2.45) is 11.8 Å². The largest absolute Gasteiger partial charge is 0.469 e. The Morgan fingerprint density at radius 2 is 1.96 bits per heavy atom. The lowest BCUT2D eigenvalue weighted by atomic mass is 9.91. The molecule has 26 heavy (non-hydrogen) atoms. The Hall–Kier alpha value is -2.28. The molecule has 1 amide bonds. The smallest absolute Gasteiger partial charge is 0.312 e. The number of hydrogen-bond donors (Lipinski definition) is 0. The van der Waals surface area contributed by atoms with Crippen LogP contribution in [-0.4, -0.2) is 55.0 Å². The van der Waals surface area contributed by atoms with Gasteiger partial charge in [-0.05, 0) is 25.0 Å². The normalized spacial score (nSPS) is 18.8. The number of halogens is 1. The van der Waals surface area contributed by atoms with Crippen LogP contribution >= 0.6 is 11.6 Å². The van der Waals surface area contributed by atoms with Gasteiger partial charge in [0.1, 0.15) is 5.52 Å². The van der Waals surface area contributed by atoms with Gasteiger partial charge in [-0.15, -0.1) is 0 Å². The predicted octanol–water partition coefficient (Wildman–Crippen LogP) is 2.33. The maximum Gasteiger partial charge on any atom is 0.312 e. The number of amides is 1. The Morgan fingerprint density at radius 1 is 1.23 bits per heavy atom. The van der Waals surface area contributed by atoms with Gasteiger partial charge in [0.25, 0.3) is 6.01 Å². The molecule has 2 aromatic rings. The zero-order valence-electron chi connectivity index (χ0n) is 14.5. The fourth-order valence-electron chi connectivity index (χ4n) is 3.57. The van der Waals surface area contributed by atoms with Crippen LogP contribution in [0.2, 0.25) is 5.02 Å². The summed E-state index contributed by atoms with van der Waals surface area (Å²) in [5.74, 6) is -0.284. The van der Waals surface area contributed by atoms with E-state index in [0.717, 1.165) is 18.4 Å². The molecule has 0 spiro atoms. The molecule has 0 bridgehead atoms. The van der Waals surface area contributed by atoms with Crippen LogP contribution < -0.4 is 4.90 Å². The van der Waals surface area contributed by atoms with Gasteiger partial charge in [-0.25, -0.2) is 0 Å². The third kappa shape index (κ3) is 3.11. The van der Waals surface area contributed by atoms with Crippen LogP contribution in [0.1, 0.15) is 12.8 Å². The minimum atomic E-state index is -0.236. The first-order valence-corrected chi connectivity index (χ1v) is 9.10. The third-order valence-corrected chi connectivity index (χ3v) is 5.42. The van der Waals surface area contributed by atoms with Crippen molar-refractivity contribution in [3.63, 3.8) is 0 Å². The lowest BCUT2D eigenvalue weighted by molar-refractivity contribution is -0.157. The molecule has 0 N–H and O–H groups in total. The van der Waals surface area contributed by atoms with Crippen molar-refractivity contribution in [3.8, 4) is 0 Å². The van der Waals surface area contributed by atoms with E-state index in [4.69, 9.17) is 20.8 Å². The summed E-state index contributed by atoms with van der Waals surface area (Å²) in [6.07, 6.45) is 1.50. The number of piperidine rings is 1. The molecule has 0 aliphatic carbocycles. The van der Waals surface area contributed by atoms with Crippen molar-refractivity contribution >= 4 is 40.6 Å². The Labute approximate surface area is 155 Å². The number of fused-ring (bicyclic) bond motifs is 1. The van der Waals surface area contributed by atoms with E-state index < -0.39 is 0 Å². The fraction of sp³-hybridized carbons (Fsp3) is 0.500. The van der Waals surface area contributed by atoms with Crippen LogP contribution in [0, 0.1) is 11.8 Å². The molecule has 0 unspecified atom stereocenters. The number of rotatable bonds is 3. The Kier molecular flexibility index (Phi) is 4.48. The quantitative estimate of drug-likeness (QED) is 0.764. The predicted molar refractivity (Wildman–Crippen MR) is 96.0 cm³/mol. The number of hydrogen-bond acceptors (Lipinski definition) is 6. The number of oxazole rings is 1. The topological polar surface area (TPSA) is 75.9 Å². The van der Waals surface area contributed by atoms with Crippen LogP contribution in [0.3, 0.4) is 0 Å². The summed E-state index contributed by atoms with van der Waals surface area (Å²) >= 11 is 5.98. The first-order valence-electron chi connectivity index (χ1n) is 8.73. The van der Waals surface area contributed by atoms with Gasteiger partial charge >= 0.3 is 5.97 Å². The minimum absolute atomic E-state index is 0.0105. The van der Waals surface area contributed by atoms with Crippen molar-refractivity contribution in [2.75, 3.05) is 38.2 Å². The molecule has 2 aliphatic heterocycles. The summed E-state index contributed by atoms with van der Waals surface area (Å²) in [7, 11) is 1.38. The standard InChI is InChI=1S/C18H20ClN3O4/c1-25-17(24)12-9-22(10-12)16(23)11-4-6-21(7-5-11)18-20-14-3-2-13(19)8-15(14)26-18/h2-3,8,11-12H,4-7,9-10H2,1H3. The van der Waals surface area contributed by atoms with Crippen LogP contribution in [-0.2, 0) is 14.3 Å². The highest BCUT2D eigenvalue weighted by Gasteiger charge is 2.39. The molecule has 2 fully saturated rings. The summed E-state index contributed by atoms with van der Waals surface area (Å²) < 4.78 is 10.5. The Morgan fingerprint density at radius 3 is 2.65 bits per heavy atom. The lowest BCUT2D eigenvalue weighted by Gasteiger charge is -2.41. The molecular formula is C18H20ClN3O4. The number of aromatic nitrogens is 1. The molecule has 1 aromatic heterocycles. The van der Waals surface area contributed by atoms with Gasteiger partial charge in [0.05, 0.1) is 13.0 Å². The first-order chi connectivity index (χ1) is 12.5. The average Bonchev–Trinajstić information content (AvgIpc) is 3.03. The van der Waals surface area contributed by atoms with Gasteiger partial charge < -0.3 is 19.0 Å². The van der Waals surface area contributed by atoms with Crippen molar-refractivity contribution in [3.05, 3.63) is 23.2 Å². The number of carbonyl (C=O) groups excluding carboxylic acids is 2. The highest BCUT2D eigenvalue weighted by molar-refractivity contribution is 6.31. The highest BCUT2D eigenvalue weighted by atomic mass is 35.5. The average molecular weight is 378 g/mol. The molecule has 2 saturated heterocycles. The zero-order valence-corrected chi connectivity index (χ0v) is 15.2. The van der Waals surface area contributed by atoms with E-state index in [1.54, 1.807) is 17.0 Å². The number of methoxy groups -OCH3 is 1. The van der Waals surface area contributed by atoms with Crippen molar-refractivity contribution in [2.45, 2.75) is 12.8 Å². The second-order valence-corrected chi connectivity index (χ2v) is 7.27. The summed E-state index contributed by atoms with van der Waals surface area (Å²) in [4.78, 5) is 32.3. The molecule has 3 heterocycles. The number of esters is 1. The monoisotopic (exact) mass is 377 g/mol. The van der Waals surface area contributed by atoms with E-state index in [-0.39, 0.29) is 23.7 Å². The fourth-order valence-corrected chi connectivity index (χ4v) is 3.73. The van der Waals surface area contributed by atoms with Crippen LogP contribution in [0.5, 0.6) is 0 Å². The van der Waals surface area contributed by atoms with Crippen molar-refractivity contribution in [1.29, 1.82) is 0 Å². The van der Waals surface area contributed by atoms with Crippen LogP contribution in [0.25, 0.3) is 11.1 Å². The summed E-state index contributed by atoms with van der Waals surface area (Å²) in [5.41, 5.74) is 1.44. The molecule has 138 valence electrons. The Bertz CT molecular complexity index is 838. The molecule has 4 rings (SSSR count). The third-order valence-electron chi connectivity index (χ3n) is 5.18. The van der Waals surface area contributed by atoms with Crippen LogP contribution in [0.4, 0.5) is 6.01 Å². The number of carbonyl (C=O) groups is 2. The SMILES string of the molecule is COC(=O)C1CN(C(=O)C2CCN(c3nc4ccc(Cl)cc4o3)CC2)C1. The molecule has 0 atom stereocenters. The molecule has 7 nitrogen and oxygen atoms in total. The molecule has 2 aliphatic rings. The van der Waals surface area contributed by atoms with E-state index >= 15 is 0 Å². The zero-order chi connectivity index (χ0) is 18.3. The molecule has 1 aromatic carbocycles. The van der Waals surface area contributed by atoms with Gasteiger partial charge in [0, 0.05) is 43.2 Å². The number of nitrogens with zero attached hydrogens (tertiary/aromatic N) is 3. The molecule has 8 heteroatoms. The lowest BCUT2D eigenvalue weighted by Crippen LogP contribution is -2.56. The van der Waals surface area contributed by atoms with Crippen molar-refractivity contribution < 1.29 is 18.7 Å². The first kappa shape index (κ1) is 17.1. The maximum absolute atomic E-state index is 12.6. The van der Waals surface area contributed by atoms with E-state index in [1.807, 2.05) is 6.07 Å². The highest BCUT2D eigenvalue weighted by Crippen LogP contribution is 2.29. The van der Waals surface area contributed by atoms with Gasteiger partial charge in [0.15, 0.2) is 5.58 Å². The van der Waals surface area contributed by atoms with E-state index in [2.05, 4.69) is 9.88 Å². The van der Waals surface area contributed by atoms with E-state index in [0.29, 0.717) is 42.8 Å². The summed E-state index contributed by atoms with van der Waals surface area (Å²) in [5, 5.41) is 0.615. The number of benzene rings is 1. The Balaban J connectivity index is 1.33. The minimum Gasteiger partial charge on any atom is -0.469 e. The summed E-state index contributed by atoms with van der Waals surface area (Å²) in [6.45, 7) is 2.37. The number of likely N-dealkylation sites (tertiary alicyclic amines) is 1. The molecule has 0 radical (unpaired) electrons.